The van der Waals surface area contributed by atoms with Gasteiger partial charge in [-0.25, -0.2) is 12.7 Å². The van der Waals surface area contributed by atoms with E-state index in [0.717, 1.165) is 24.9 Å². The zero-order valence-electron chi connectivity index (χ0n) is 18.8. The van der Waals surface area contributed by atoms with Crippen LogP contribution in [0.1, 0.15) is 25.7 Å². The number of hydrogen-bond donors (Lipinski definition) is 0. The van der Waals surface area contributed by atoms with Gasteiger partial charge < -0.3 is 4.74 Å². The maximum absolute atomic E-state index is 12.7. The van der Waals surface area contributed by atoms with Gasteiger partial charge in [0.2, 0.25) is 10.0 Å². The van der Waals surface area contributed by atoms with Gasteiger partial charge in [0.1, 0.15) is 11.5 Å². The minimum atomic E-state index is -3.61. The fourth-order valence-electron chi connectivity index (χ4n) is 3.72. The SMILES string of the molecule is COc1cccc(-n2c(S[C@H]3CCCCC3=O)nnc2-c2cccc(S(=O)(=O)N(C)C)c2)c1. The highest BCUT2D eigenvalue weighted by molar-refractivity contribution is 8.00. The molecule has 174 valence electrons. The Kier molecular flexibility index (Phi) is 6.87. The number of hydrogen-bond acceptors (Lipinski definition) is 7. The van der Waals surface area contributed by atoms with Gasteiger partial charge in [-0.1, -0.05) is 36.4 Å². The minimum absolute atomic E-state index is 0.166. The third-order valence-electron chi connectivity index (χ3n) is 5.56. The number of carbonyl (C=O) groups excluding carboxylic acids is 1. The van der Waals surface area contributed by atoms with Gasteiger partial charge >= 0.3 is 0 Å². The van der Waals surface area contributed by atoms with E-state index in [1.807, 2.05) is 28.8 Å². The van der Waals surface area contributed by atoms with E-state index >= 15 is 0 Å². The predicted octanol–water partition coefficient (Wildman–Crippen LogP) is 3.80. The number of aromatic nitrogens is 3. The van der Waals surface area contributed by atoms with E-state index in [1.54, 1.807) is 31.4 Å². The van der Waals surface area contributed by atoms with Crippen molar-refractivity contribution < 1.29 is 17.9 Å². The highest BCUT2D eigenvalue weighted by Gasteiger charge is 2.27. The van der Waals surface area contributed by atoms with Crippen molar-refractivity contribution in [3.8, 4) is 22.8 Å². The van der Waals surface area contributed by atoms with Crippen molar-refractivity contribution in [2.24, 2.45) is 0 Å². The number of thioether (sulfide) groups is 1. The summed E-state index contributed by atoms with van der Waals surface area (Å²) in [6.07, 6.45) is 3.33. The van der Waals surface area contributed by atoms with Crippen LogP contribution in [-0.2, 0) is 14.8 Å². The van der Waals surface area contributed by atoms with E-state index in [4.69, 9.17) is 4.74 Å². The molecule has 0 aliphatic heterocycles. The molecule has 1 saturated carbocycles. The Bertz CT molecular complexity index is 1270. The zero-order valence-corrected chi connectivity index (χ0v) is 20.4. The highest BCUT2D eigenvalue weighted by atomic mass is 32.2. The van der Waals surface area contributed by atoms with Gasteiger partial charge in [0.25, 0.3) is 0 Å². The first-order valence-electron chi connectivity index (χ1n) is 10.6. The Balaban J connectivity index is 1.84. The molecule has 10 heteroatoms. The van der Waals surface area contributed by atoms with Crippen LogP contribution in [-0.4, -0.2) is 59.7 Å². The molecule has 1 fully saturated rings. The summed E-state index contributed by atoms with van der Waals surface area (Å²) in [7, 11) is 0.976. The summed E-state index contributed by atoms with van der Waals surface area (Å²) in [5.74, 6) is 1.39. The molecule has 33 heavy (non-hydrogen) atoms. The fourth-order valence-corrected chi connectivity index (χ4v) is 5.85. The molecule has 0 bridgehead atoms. The van der Waals surface area contributed by atoms with E-state index in [0.29, 0.717) is 28.7 Å². The number of ether oxygens (including phenoxy) is 1. The average molecular weight is 487 g/mol. The number of Topliss-reactive ketones (excluding diaryl/α,β-unsaturated/α-hetero) is 1. The summed E-state index contributed by atoms with van der Waals surface area (Å²) >= 11 is 1.41. The summed E-state index contributed by atoms with van der Waals surface area (Å²) in [5.41, 5.74) is 1.37. The first kappa shape index (κ1) is 23.5. The molecule has 1 aliphatic rings. The Hall–Kier alpha value is -2.69. The van der Waals surface area contributed by atoms with Crippen molar-refractivity contribution in [1.29, 1.82) is 0 Å². The van der Waals surface area contributed by atoms with Crippen molar-refractivity contribution >= 4 is 27.6 Å². The van der Waals surface area contributed by atoms with Crippen molar-refractivity contribution in [3.05, 3.63) is 48.5 Å². The summed E-state index contributed by atoms with van der Waals surface area (Å²) in [6, 6.07) is 14.1. The van der Waals surface area contributed by atoms with Gasteiger partial charge in [-0.3, -0.25) is 9.36 Å². The van der Waals surface area contributed by atoms with Crippen molar-refractivity contribution in [2.75, 3.05) is 21.2 Å². The molecule has 1 aliphatic carbocycles. The lowest BCUT2D eigenvalue weighted by atomic mass is 9.99. The first-order valence-corrected chi connectivity index (χ1v) is 13.0. The lowest BCUT2D eigenvalue weighted by molar-refractivity contribution is -0.119. The molecule has 0 unspecified atom stereocenters. The second-order valence-corrected chi connectivity index (χ2v) is 11.3. The second kappa shape index (κ2) is 9.66. The third kappa shape index (κ3) is 4.83. The molecule has 0 N–H and O–H groups in total. The summed E-state index contributed by atoms with van der Waals surface area (Å²) in [5, 5.41) is 9.23. The lowest BCUT2D eigenvalue weighted by Crippen LogP contribution is -2.22. The lowest BCUT2D eigenvalue weighted by Gasteiger charge is -2.20. The largest absolute Gasteiger partial charge is 0.497 e. The molecule has 0 amide bonds. The van der Waals surface area contributed by atoms with Crippen molar-refractivity contribution in [3.63, 3.8) is 0 Å². The van der Waals surface area contributed by atoms with Crippen LogP contribution in [0.2, 0.25) is 0 Å². The Labute approximate surface area is 198 Å². The molecule has 3 aromatic rings. The van der Waals surface area contributed by atoms with E-state index in [9.17, 15) is 13.2 Å². The molecular weight excluding hydrogens is 460 g/mol. The molecule has 1 heterocycles. The number of sulfonamides is 1. The first-order chi connectivity index (χ1) is 15.8. The van der Waals surface area contributed by atoms with E-state index in [-0.39, 0.29) is 15.9 Å². The standard InChI is InChI=1S/C23H26N4O4S2/c1-26(2)33(29,30)19-11-6-8-16(14-19)22-24-25-23(32-21-13-5-4-12-20(21)28)27(22)17-9-7-10-18(15-17)31-3/h6-11,14-15,21H,4-5,12-13H2,1-3H3/t21-/m0/s1. The molecule has 0 saturated heterocycles. The van der Waals surface area contributed by atoms with Crippen LogP contribution in [0, 0.1) is 0 Å². The van der Waals surface area contributed by atoms with Gasteiger partial charge in [0.15, 0.2) is 11.0 Å². The van der Waals surface area contributed by atoms with Crippen LogP contribution in [0.4, 0.5) is 0 Å². The van der Waals surface area contributed by atoms with E-state index in [2.05, 4.69) is 10.2 Å². The molecule has 4 rings (SSSR count). The fraction of sp³-hybridized carbons (Fsp3) is 0.348. The van der Waals surface area contributed by atoms with Crippen LogP contribution < -0.4 is 4.74 Å². The van der Waals surface area contributed by atoms with Crippen molar-refractivity contribution in [1.82, 2.24) is 19.1 Å². The predicted molar refractivity (Wildman–Crippen MR) is 127 cm³/mol. The second-order valence-electron chi connectivity index (χ2n) is 7.98. The number of ketones is 1. The van der Waals surface area contributed by atoms with Crippen LogP contribution in [0.15, 0.2) is 58.6 Å². The summed E-state index contributed by atoms with van der Waals surface area (Å²) in [4.78, 5) is 12.6. The Morgan fingerprint density at radius 1 is 1.09 bits per heavy atom. The molecule has 8 nitrogen and oxygen atoms in total. The van der Waals surface area contributed by atoms with Gasteiger partial charge in [-0.15, -0.1) is 10.2 Å². The van der Waals surface area contributed by atoms with Gasteiger partial charge in [0, 0.05) is 32.1 Å². The van der Waals surface area contributed by atoms with Crippen LogP contribution in [0.5, 0.6) is 5.75 Å². The van der Waals surface area contributed by atoms with E-state index in [1.165, 1.54) is 30.2 Å². The molecule has 0 radical (unpaired) electrons. The average Bonchev–Trinajstić information content (AvgIpc) is 3.24. The van der Waals surface area contributed by atoms with Gasteiger partial charge in [0.05, 0.1) is 22.9 Å². The minimum Gasteiger partial charge on any atom is -0.497 e. The van der Waals surface area contributed by atoms with Crippen LogP contribution in [0.25, 0.3) is 17.1 Å². The number of benzene rings is 2. The summed E-state index contributed by atoms with van der Waals surface area (Å²) in [6.45, 7) is 0. The zero-order chi connectivity index (χ0) is 23.6. The maximum atomic E-state index is 12.7. The van der Waals surface area contributed by atoms with Crippen molar-refractivity contribution in [2.45, 2.75) is 41.0 Å². The van der Waals surface area contributed by atoms with Crippen LogP contribution in [0.3, 0.4) is 0 Å². The molecule has 1 atom stereocenters. The number of nitrogens with zero attached hydrogens (tertiary/aromatic N) is 4. The molecule has 2 aromatic carbocycles. The normalized spacial score (nSPS) is 16.8. The highest BCUT2D eigenvalue weighted by Crippen LogP contribution is 2.35. The topological polar surface area (TPSA) is 94.4 Å². The quantitative estimate of drug-likeness (QED) is 0.501. The third-order valence-corrected chi connectivity index (χ3v) is 8.63. The Morgan fingerprint density at radius 3 is 2.61 bits per heavy atom. The van der Waals surface area contributed by atoms with Gasteiger partial charge in [-0.05, 0) is 37.1 Å². The van der Waals surface area contributed by atoms with Crippen LogP contribution >= 0.6 is 11.8 Å². The monoisotopic (exact) mass is 486 g/mol. The maximum Gasteiger partial charge on any atom is 0.242 e. The Morgan fingerprint density at radius 2 is 1.88 bits per heavy atom. The summed E-state index contributed by atoms with van der Waals surface area (Å²) < 4.78 is 33.8. The molecule has 0 spiro atoms. The van der Waals surface area contributed by atoms with Gasteiger partial charge in [-0.2, -0.15) is 0 Å². The number of rotatable bonds is 7. The van der Waals surface area contributed by atoms with E-state index < -0.39 is 10.0 Å². The number of methoxy groups -OCH3 is 1. The smallest absolute Gasteiger partial charge is 0.242 e. The molecular formula is C23H26N4O4S2. The molecule has 1 aromatic heterocycles. The number of carbonyl (C=O) groups is 1.